The molecule has 1 N–H and O–H groups in total. The first-order valence-corrected chi connectivity index (χ1v) is 12.2. The Morgan fingerprint density at radius 2 is 1.84 bits per heavy atom. The van der Waals surface area contributed by atoms with Crippen LogP contribution in [0.2, 0.25) is 5.02 Å². The summed E-state index contributed by atoms with van der Waals surface area (Å²) in [5.41, 5.74) is 0.944. The second-order valence-corrected chi connectivity index (χ2v) is 9.92. The van der Waals surface area contributed by atoms with E-state index in [4.69, 9.17) is 16.3 Å². The van der Waals surface area contributed by atoms with Gasteiger partial charge in [0.25, 0.3) is 10.0 Å². The minimum absolute atomic E-state index is 0.0514. The fraction of sp³-hybridized carbons (Fsp3) is 0.136. The summed E-state index contributed by atoms with van der Waals surface area (Å²) < 4.78 is 36.8. The Morgan fingerprint density at radius 1 is 1.06 bits per heavy atom. The molecule has 3 aromatic carbocycles. The Morgan fingerprint density at radius 3 is 2.58 bits per heavy atom. The minimum atomic E-state index is -3.95. The van der Waals surface area contributed by atoms with Crippen LogP contribution in [-0.4, -0.2) is 13.0 Å². The van der Waals surface area contributed by atoms with E-state index in [1.165, 1.54) is 18.2 Å². The van der Waals surface area contributed by atoms with Gasteiger partial charge in [-0.25, -0.2) is 8.42 Å². The van der Waals surface area contributed by atoms with Crippen LogP contribution in [-0.2, 0) is 16.6 Å². The van der Waals surface area contributed by atoms with Crippen LogP contribution in [0.15, 0.2) is 76.4 Å². The Kier molecular flexibility index (Phi) is 6.04. The number of halogens is 1. The van der Waals surface area contributed by atoms with Gasteiger partial charge in [-0.15, -0.1) is 0 Å². The number of anilines is 1. The molecule has 4 aromatic rings. The van der Waals surface area contributed by atoms with Crippen LogP contribution < -0.4 is 14.3 Å². The summed E-state index contributed by atoms with van der Waals surface area (Å²) in [5, 5.41) is 0.364. The highest BCUT2D eigenvalue weighted by molar-refractivity contribution is 7.92. The molecule has 0 saturated carbocycles. The topological polar surface area (TPSA) is 77.4 Å². The highest BCUT2D eigenvalue weighted by atomic mass is 35.5. The van der Waals surface area contributed by atoms with Crippen LogP contribution in [0.4, 0.5) is 5.69 Å². The molecule has 0 bridgehead atoms. The number of thiazole rings is 1. The van der Waals surface area contributed by atoms with E-state index in [0.717, 1.165) is 23.3 Å². The molecule has 31 heavy (non-hydrogen) atoms. The molecule has 1 heterocycles. The van der Waals surface area contributed by atoms with E-state index in [0.29, 0.717) is 27.8 Å². The second kappa shape index (κ2) is 8.74. The number of nitrogens with zero attached hydrogens (tertiary/aromatic N) is 1. The maximum atomic E-state index is 13.1. The van der Waals surface area contributed by atoms with E-state index in [1.54, 1.807) is 34.9 Å². The molecular weight excluding hydrogens is 456 g/mol. The number of aryl methyl sites for hydroxylation is 1. The number of ether oxygens (including phenoxy) is 1. The molecule has 0 aliphatic rings. The molecule has 0 aliphatic heterocycles. The molecule has 0 radical (unpaired) electrons. The van der Waals surface area contributed by atoms with Crippen LogP contribution in [0.5, 0.6) is 11.5 Å². The summed E-state index contributed by atoms with van der Waals surface area (Å²) in [6.45, 7) is 2.57. The van der Waals surface area contributed by atoms with Gasteiger partial charge in [0.05, 0.1) is 20.8 Å². The monoisotopic (exact) mass is 474 g/mol. The lowest BCUT2D eigenvalue weighted by Crippen LogP contribution is -2.14. The molecule has 6 nitrogen and oxygen atoms in total. The average Bonchev–Trinajstić information content (AvgIpc) is 3.05. The summed E-state index contributed by atoms with van der Waals surface area (Å²) in [4.78, 5) is 12.2. The number of hydrogen-bond acceptors (Lipinski definition) is 5. The Labute approximate surface area is 188 Å². The van der Waals surface area contributed by atoms with E-state index < -0.39 is 10.0 Å². The van der Waals surface area contributed by atoms with Crippen molar-refractivity contribution in [3.63, 3.8) is 0 Å². The third-order valence-corrected chi connectivity index (χ3v) is 7.09. The van der Waals surface area contributed by atoms with Crippen molar-refractivity contribution in [1.82, 2.24) is 4.57 Å². The van der Waals surface area contributed by atoms with Crippen molar-refractivity contribution in [2.45, 2.75) is 24.8 Å². The first kappa shape index (κ1) is 21.4. The Hall–Kier alpha value is -2.81. The van der Waals surface area contributed by atoms with Crippen LogP contribution in [0, 0.1) is 0 Å². The van der Waals surface area contributed by atoms with Crippen molar-refractivity contribution in [2.24, 2.45) is 0 Å². The predicted molar refractivity (Wildman–Crippen MR) is 125 cm³/mol. The number of sulfonamides is 1. The smallest absolute Gasteiger partial charge is 0.308 e. The number of hydrogen-bond donors (Lipinski definition) is 1. The maximum Gasteiger partial charge on any atom is 0.308 e. The van der Waals surface area contributed by atoms with Gasteiger partial charge in [-0.1, -0.05) is 48.1 Å². The molecule has 0 atom stereocenters. The number of para-hydroxylation sites is 1. The van der Waals surface area contributed by atoms with Gasteiger partial charge in [-0.05, 0) is 55.0 Å². The van der Waals surface area contributed by atoms with Gasteiger partial charge < -0.3 is 4.74 Å². The van der Waals surface area contributed by atoms with Crippen LogP contribution in [0.1, 0.15) is 13.3 Å². The molecule has 0 saturated heterocycles. The van der Waals surface area contributed by atoms with E-state index in [9.17, 15) is 13.2 Å². The number of benzene rings is 3. The SMILES string of the molecule is CCCn1c(=O)sc2cc(S(=O)(=O)Nc3cc(Cl)ccc3Oc3ccccc3)ccc21. The van der Waals surface area contributed by atoms with Crippen LogP contribution >= 0.6 is 22.9 Å². The molecule has 0 spiro atoms. The standard InChI is InChI=1S/C22H19ClN2O4S2/c1-2-12-25-19-10-9-17(14-21(19)30-22(25)26)31(27,28)24-18-13-15(23)8-11-20(18)29-16-6-4-3-5-7-16/h3-11,13-14,24H,2,12H2,1H3. The predicted octanol–water partition coefficient (Wildman–Crippen LogP) is 5.72. The van der Waals surface area contributed by atoms with Gasteiger partial charge in [-0.3, -0.25) is 14.1 Å². The lowest BCUT2D eigenvalue weighted by atomic mass is 10.3. The molecule has 0 aliphatic carbocycles. The van der Waals surface area contributed by atoms with Gasteiger partial charge in [0, 0.05) is 11.6 Å². The van der Waals surface area contributed by atoms with Crippen molar-refractivity contribution in [1.29, 1.82) is 0 Å². The zero-order valence-electron chi connectivity index (χ0n) is 16.5. The van der Waals surface area contributed by atoms with E-state index in [2.05, 4.69) is 4.72 Å². The van der Waals surface area contributed by atoms with E-state index in [-0.39, 0.29) is 15.5 Å². The lowest BCUT2D eigenvalue weighted by Gasteiger charge is -2.14. The molecule has 9 heteroatoms. The van der Waals surface area contributed by atoms with Gasteiger partial charge in [0.15, 0.2) is 5.75 Å². The van der Waals surface area contributed by atoms with Crippen LogP contribution in [0.3, 0.4) is 0 Å². The summed E-state index contributed by atoms with van der Waals surface area (Å²) >= 11 is 7.13. The number of rotatable bonds is 7. The van der Waals surface area contributed by atoms with Crippen LogP contribution in [0.25, 0.3) is 10.2 Å². The van der Waals surface area contributed by atoms with E-state index >= 15 is 0 Å². The number of aromatic nitrogens is 1. The van der Waals surface area contributed by atoms with Crippen molar-refractivity contribution >= 4 is 48.9 Å². The zero-order chi connectivity index (χ0) is 22.0. The van der Waals surface area contributed by atoms with Gasteiger partial charge in [0.1, 0.15) is 5.75 Å². The zero-order valence-corrected chi connectivity index (χ0v) is 18.9. The summed E-state index contributed by atoms with van der Waals surface area (Å²) in [5.74, 6) is 0.882. The fourth-order valence-electron chi connectivity index (χ4n) is 3.14. The van der Waals surface area contributed by atoms with Crippen molar-refractivity contribution in [3.8, 4) is 11.5 Å². The molecule has 160 valence electrons. The fourth-order valence-corrected chi connectivity index (χ4v) is 5.43. The third kappa shape index (κ3) is 4.61. The molecule has 1 aromatic heterocycles. The molecule has 4 rings (SSSR count). The minimum Gasteiger partial charge on any atom is -0.455 e. The molecular formula is C22H19ClN2O4S2. The van der Waals surface area contributed by atoms with Gasteiger partial charge >= 0.3 is 4.87 Å². The first-order valence-electron chi connectivity index (χ1n) is 9.56. The largest absolute Gasteiger partial charge is 0.455 e. The second-order valence-electron chi connectivity index (χ2n) is 6.81. The summed E-state index contributed by atoms with van der Waals surface area (Å²) in [7, 11) is -3.95. The maximum absolute atomic E-state index is 13.1. The molecule has 0 unspecified atom stereocenters. The summed E-state index contributed by atoms with van der Waals surface area (Å²) in [6.07, 6.45) is 0.812. The average molecular weight is 475 g/mol. The van der Waals surface area contributed by atoms with E-state index in [1.807, 2.05) is 25.1 Å². The van der Waals surface area contributed by atoms with Gasteiger partial charge in [-0.2, -0.15) is 0 Å². The first-order chi connectivity index (χ1) is 14.9. The quantitative estimate of drug-likeness (QED) is 0.371. The van der Waals surface area contributed by atoms with Crippen molar-refractivity contribution in [3.05, 3.63) is 81.4 Å². The molecule has 0 fully saturated rings. The Bertz CT molecular complexity index is 1400. The third-order valence-electron chi connectivity index (χ3n) is 4.55. The Balaban J connectivity index is 1.69. The van der Waals surface area contributed by atoms with Crippen molar-refractivity contribution < 1.29 is 13.2 Å². The highest BCUT2D eigenvalue weighted by Gasteiger charge is 2.19. The lowest BCUT2D eigenvalue weighted by molar-refractivity contribution is 0.485. The molecule has 0 amide bonds. The summed E-state index contributed by atoms with van der Waals surface area (Å²) in [6, 6.07) is 18.4. The van der Waals surface area contributed by atoms with Gasteiger partial charge in [0.2, 0.25) is 0 Å². The number of nitrogens with one attached hydrogen (secondary N) is 1. The number of fused-ring (bicyclic) bond motifs is 1. The normalized spacial score (nSPS) is 11.5. The highest BCUT2D eigenvalue weighted by Crippen LogP contribution is 2.34. The van der Waals surface area contributed by atoms with Crippen molar-refractivity contribution in [2.75, 3.05) is 4.72 Å².